The molecule has 0 fully saturated rings. The summed E-state index contributed by atoms with van der Waals surface area (Å²) in [7, 11) is -3.83. The predicted molar refractivity (Wildman–Crippen MR) is 90.8 cm³/mol. The van der Waals surface area contributed by atoms with Crippen LogP contribution in [-0.2, 0) is 10.0 Å². The van der Waals surface area contributed by atoms with Crippen LogP contribution >= 0.6 is 15.9 Å². The molecule has 114 valence electrons. The Bertz CT molecular complexity index is 1030. The van der Waals surface area contributed by atoms with Crippen LogP contribution in [0.15, 0.2) is 58.3 Å². The first-order valence-electron chi connectivity index (χ1n) is 6.40. The first kappa shape index (κ1) is 15.4. The molecule has 1 N–H and O–H groups in total. The van der Waals surface area contributed by atoms with Gasteiger partial charge in [-0.05, 0) is 34.1 Å². The topological polar surface area (TPSA) is 76.3 Å². The second-order valence-corrected chi connectivity index (χ2v) is 7.09. The Balaban J connectivity index is 1.95. The van der Waals surface area contributed by atoms with Crippen molar-refractivity contribution in [1.82, 2.24) is 9.97 Å². The van der Waals surface area contributed by atoms with E-state index in [0.717, 1.165) is 15.4 Å². The Hall–Kier alpha value is -2.50. The van der Waals surface area contributed by atoms with Crippen molar-refractivity contribution in [2.24, 2.45) is 0 Å². The first-order valence-corrected chi connectivity index (χ1v) is 8.68. The van der Waals surface area contributed by atoms with Crippen LogP contribution in [0.4, 0.5) is 11.4 Å². The van der Waals surface area contributed by atoms with Gasteiger partial charge in [0.15, 0.2) is 5.03 Å². The number of hydrogen-bond donors (Lipinski definition) is 1. The molecule has 0 aliphatic heterocycles. The molecule has 0 aliphatic carbocycles. The number of sulfonamides is 1. The van der Waals surface area contributed by atoms with Crippen molar-refractivity contribution in [2.75, 3.05) is 4.72 Å². The lowest BCUT2D eigenvalue weighted by molar-refractivity contribution is 0.597. The molecule has 0 aliphatic rings. The number of anilines is 1. The molecular weight excluding hydrogens is 380 g/mol. The van der Waals surface area contributed by atoms with Crippen molar-refractivity contribution in [3.05, 3.63) is 64.7 Å². The normalized spacial score (nSPS) is 11.1. The Morgan fingerprint density at radius 1 is 1.13 bits per heavy atom. The summed E-state index contributed by atoms with van der Waals surface area (Å²) in [6, 6.07) is 9.94. The number of rotatable bonds is 3. The van der Waals surface area contributed by atoms with Gasteiger partial charge in [-0.25, -0.2) is 4.85 Å². The lowest BCUT2D eigenvalue weighted by Crippen LogP contribution is -2.14. The summed E-state index contributed by atoms with van der Waals surface area (Å²) in [5, 5.41) is 0.648. The number of aromatic nitrogens is 2. The molecule has 2 heterocycles. The van der Waals surface area contributed by atoms with Crippen LogP contribution in [0.3, 0.4) is 0 Å². The number of para-hydroxylation sites is 1. The van der Waals surface area contributed by atoms with Gasteiger partial charge in [-0.3, -0.25) is 14.7 Å². The van der Waals surface area contributed by atoms with Gasteiger partial charge in [0.1, 0.15) is 0 Å². The number of halogens is 1. The maximum atomic E-state index is 12.3. The maximum Gasteiger partial charge on any atom is 0.279 e. The third-order valence-corrected chi connectivity index (χ3v) is 4.98. The summed E-state index contributed by atoms with van der Waals surface area (Å²) >= 11 is 3.40. The third kappa shape index (κ3) is 3.16. The largest absolute Gasteiger partial charge is 0.279 e. The molecule has 6 nitrogen and oxygen atoms in total. The van der Waals surface area contributed by atoms with E-state index >= 15 is 0 Å². The molecule has 3 aromatic rings. The van der Waals surface area contributed by atoms with Crippen molar-refractivity contribution in [3.63, 3.8) is 0 Å². The molecule has 0 saturated carbocycles. The number of nitrogens with zero attached hydrogens (tertiary/aromatic N) is 3. The summed E-state index contributed by atoms with van der Waals surface area (Å²) < 4.78 is 27.9. The zero-order valence-electron chi connectivity index (χ0n) is 11.6. The number of benzene rings is 1. The van der Waals surface area contributed by atoms with Crippen LogP contribution in [0, 0.1) is 6.57 Å². The van der Waals surface area contributed by atoms with Crippen LogP contribution in [0.25, 0.3) is 15.7 Å². The molecule has 3 rings (SSSR count). The summed E-state index contributed by atoms with van der Waals surface area (Å²) in [6.07, 6.45) is 2.66. The number of pyridine rings is 2. The van der Waals surface area contributed by atoms with Crippen LogP contribution in [-0.4, -0.2) is 18.4 Å². The molecule has 2 aromatic heterocycles. The fourth-order valence-corrected chi connectivity index (χ4v) is 3.43. The Kier molecular flexibility index (Phi) is 3.98. The Morgan fingerprint density at radius 2 is 1.96 bits per heavy atom. The van der Waals surface area contributed by atoms with Gasteiger partial charge in [0.25, 0.3) is 10.0 Å². The van der Waals surface area contributed by atoms with Crippen LogP contribution in [0.1, 0.15) is 0 Å². The highest BCUT2D eigenvalue weighted by Crippen LogP contribution is 2.25. The molecule has 0 atom stereocenters. The molecule has 0 saturated heterocycles. The van der Waals surface area contributed by atoms with E-state index in [0.29, 0.717) is 5.69 Å². The van der Waals surface area contributed by atoms with Gasteiger partial charge in [0, 0.05) is 16.1 Å². The SMILES string of the molecule is [C-]#[N+]c1ccc(S(=O)(=O)Nc2cnc3c(Br)cccc3c2)nc1. The second-order valence-electron chi connectivity index (χ2n) is 4.61. The van der Waals surface area contributed by atoms with Gasteiger partial charge in [-0.1, -0.05) is 18.2 Å². The molecule has 0 bridgehead atoms. The monoisotopic (exact) mass is 388 g/mol. The summed E-state index contributed by atoms with van der Waals surface area (Å²) in [4.78, 5) is 11.2. The molecule has 1 aromatic carbocycles. The minimum Gasteiger partial charge on any atom is -0.277 e. The smallest absolute Gasteiger partial charge is 0.277 e. The number of fused-ring (bicyclic) bond motifs is 1. The molecule has 0 spiro atoms. The Morgan fingerprint density at radius 3 is 2.65 bits per heavy atom. The predicted octanol–water partition coefficient (Wildman–Crippen LogP) is 3.74. The van der Waals surface area contributed by atoms with Crippen molar-refractivity contribution >= 4 is 48.2 Å². The van der Waals surface area contributed by atoms with Gasteiger partial charge < -0.3 is 0 Å². The van der Waals surface area contributed by atoms with E-state index in [2.05, 4.69) is 35.5 Å². The van der Waals surface area contributed by atoms with Crippen LogP contribution < -0.4 is 4.72 Å². The van der Waals surface area contributed by atoms with Crippen LogP contribution in [0.2, 0.25) is 0 Å². The standard InChI is InChI=1S/C15H9BrN4O2S/c1-17-11-5-6-14(18-8-11)23(21,22)20-12-7-10-3-2-4-13(16)15(10)19-9-12/h2-9,20H. The average molecular weight is 389 g/mol. The lowest BCUT2D eigenvalue weighted by Gasteiger charge is -2.08. The number of hydrogen-bond acceptors (Lipinski definition) is 4. The van der Waals surface area contributed by atoms with Crippen LogP contribution in [0.5, 0.6) is 0 Å². The summed E-state index contributed by atoms with van der Waals surface area (Å²) in [6.45, 7) is 6.85. The molecular formula is C15H9BrN4O2S. The summed E-state index contributed by atoms with van der Waals surface area (Å²) in [5.41, 5.74) is 1.36. The minimum atomic E-state index is -3.83. The van der Waals surface area contributed by atoms with Gasteiger partial charge in [0.2, 0.25) is 5.69 Å². The first-order chi connectivity index (χ1) is 11.0. The zero-order chi connectivity index (χ0) is 16.4. The van der Waals surface area contributed by atoms with Gasteiger partial charge in [-0.15, -0.1) is 0 Å². The van der Waals surface area contributed by atoms with Gasteiger partial charge >= 0.3 is 0 Å². The quantitative estimate of drug-likeness (QED) is 0.693. The highest BCUT2D eigenvalue weighted by Gasteiger charge is 2.16. The van der Waals surface area contributed by atoms with Gasteiger partial charge in [0.05, 0.1) is 24.0 Å². The lowest BCUT2D eigenvalue weighted by atomic mass is 10.2. The molecule has 0 radical (unpaired) electrons. The fraction of sp³-hybridized carbons (Fsp3) is 0. The van der Waals surface area contributed by atoms with E-state index in [4.69, 9.17) is 6.57 Å². The van der Waals surface area contributed by atoms with E-state index in [1.54, 1.807) is 6.07 Å². The zero-order valence-corrected chi connectivity index (χ0v) is 14.0. The minimum absolute atomic E-state index is 0.153. The van der Waals surface area contributed by atoms with E-state index in [9.17, 15) is 8.42 Å². The summed E-state index contributed by atoms with van der Waals surface area (Å²) in [5.74, 6) is 0. The van der Waals surface area contributed by atoms with Crippen molar-refractivity contribution in [2.45, 2.75) is 5.03 Å². The highest BCUT2D eigenvalue weighted by molar-refractivity contribution is 9.10. The second kappa shape index (κ2) is 5.95. The maximum absolute atomic E-state index is 12.3. The highest BCUT2D eigenvalue weighted by atomic mass is 79.9. The van der Waals surface area contributed by atoms with E-state index in [1.807, 2.05) is 18.2 Å². The van der Waals surface area contributed by atoms with Gasteiger partial charge in [-0.2, -0.15) is 8.42 Å². The average Bonchev–Trinajstić information content (AvgIpc) is 2.54. The molecule has 23 heavy (non-hydrogen) atoms. The van der Waals surface area contributed by atoms with E-state index in [-0.39, 0.29) is 10.7 Å². The van der Waals surface area contributed by atoms with Crippen molar-refractivity contribution in [1.29, 1.82) is 0 Å². The van der Waals surface area contributed by atoms with E-state index < -0.39 is 10.0 Å². The molecule has 0 amide bonds. The fourth-order valence-electron chi connectivity index (χ4n) is 1.98. The third-order valence-electron chi connectivity index (χ3n) is 3.04. The Labute approximate surface area is 141 Å². The molecule has 0 unspecified atom stereocenters. The van der Waals surface area contributed by atoms with Crippen molar-refractivity contribution in [3.8, 4) is 0 Å². The van der Waals surface area contributed by atoms with Crippen molar-refractivity contribution < 1.29 is 8.42 Å². The van der Waals surface area contributed by atoms with E-state index in [1.165, 1.54) is 24.5 Å². The number of nitrogens with one attached hydrogen (secondary N) is 1. The molecule has 8 heteroatoms.